The van der Waals surface area contributed by atoms with Gasteiger partial charge in [-0.3, -0.25) is 0 Å². The molecule has 0 aromatic carbocycles. The Bertz CT molecular complexity index is 365. The molecule has 0 bridgehead atoms. The first kappa shape index (κ1) is 7.10. The third kappa shape index (κ3) is 1.23. The standard InChI is InChI=1S/C10H10NO/c1-11-6-2-4-9(8-11)10-5-3-7-12-10/h2-8H,1H3/q+1. The van der Waals surface area contributed by atoms with Crippen LogP contribution in [0.4, 0.5) is 0 Å². The highest BCUT2D eigenvalue weighted by Crippen LogP contribution is 2.16. The van der Waals surface area contributed by atoms with Crippen LogP contribution in [-0.4, -0.2) is 0 Å². The normalized spacial score (nSPS) is 10.1. The summed E-state index contributed by atoms with van der Waals surface area (Å²) in [7, 11) is 1.99. The van der Waals surface area contributed by atoms with E-state index in [-0.39, 0.29) is 0 Å². The molecule has 2 aromatic rings. The Morgan fingerprint density at radius 1 is 1.25 bits per heavy atom. The number of nitrogens with zero attached hydrogens (tertiary/aromatic N) is 1. The molecular formula is C10H10NO+. The monoisotopic (exact) mass is 160 g/mol. The second-order valence-corrected chi connectivity index (χ2v) is 2.74. The van der Waals surface area contributed by atoms with Crippen LogP contribution in [0.1, 0.15) is 0 Å². The van der Waals surface area contributed by atoms with E-state index in [0.29, 0.717) is 0 Å². The fourth-order valence-electron chi connectivity index (χ4n) is 1.18. The van der Waals surface area contributed by atoms with Crippen LogP contribution < -0.4 is 4.57 Å². The first-order valence-corrected chi connectivity index (χ1v) is 3.85. The van der Waals surface area contributed by atoms with Gasteiger partial charge in [-0.05, 0) is 18.2 Å². The lowest BCUT2D eigenvalue weighted by Crippen LogP contribution is -2.26. The maximum atomic E-state index is 5.26. The summed E-state index contributed by atoms with van der Waals surface area (Å²) in [6.45, 7) is 0. The summed E-state index contributed by atoms with van der Waals surface area (Å²) in [5, 5.41) is 0. The first-order chi connectivity index (χ1) is 5.86. The average Bonchev–Trinajstić information content (AvgIpc) is 2.56. The lowest BCUT2D eigenvalue weighted by molar-refractivity contribution is -0.671. The number of hydrogen-bond acceptors (Lipinski definition) is 1. The Morgan fingerprint density at radius 2 is 2.17 bits per heavy atom. The third-order valence-corrected chi connectivity index (χ3v) is 1.75. The molecule has 2 aromatic heterocycles. The molecule has 0 aliphatic rings. The van der Waals surface area contributed by atoms with Gasteiger partial charge in [-0.15, -0.1) is 0 Å². The van der Waals surface area contributed by atoms with Crippen molar-refractivity contribution in [1.29, 1.82) is 0 Å². The van der Waals surface area contributed by atoms with Crippen molar-refractivity contribution < 1.29 is 8.98 Å². The van der Waals surface area contributed by atoms with E-state index in [0.717, 1.165) is 11.3 Å². The Labute approximate surface area is 71.1 Å². The summed E-state index contributed by atoms with van der Waals surface area (Å²) < 4.78 is 7.26. The van der Waals surface area contributed by atoms with Crippen molar-refractivity contribution in [2.45, 2.75) is 0 Å². The van der Waals surface area contributed by atoms with Gasteiger partial charge >= 0.3 is 0 Å². The number of hydrogen-bond donors (Lipinski definition) is 0. The highest BCUT2D eigenvalue weighted by Gasteiger charge is 2.02. The number of furan rings is 1. The van der Waals surface area contributed by atoms with E-state index in [1.54, 1.807) is 6.26 Å². The van der Waals surface area contributed by atoms with Gasteiger partial charge in [0, 0.05) is 6.07 Å². The summed E-state index contributed by atoms with van der Waals surface area (Å²) in [4.78, 5) is 0. The largest absolute Gasteiger partial charge is 0.464 e. The molecule has 0 N–H and O–H groups in total. The minimum absolute atomic E-state index is 0.909. The molecule has 0 saturated heterocycles. The van der Waals surface area contributed by atoms with Crippen LogP contribution in [0.25, 0.3) is 11.3 Å². The molecule has 12 heavy (non-hydrogen) atoms. The zero-order chi connectivity index (χ0) is 8.39. The third-order valence-electron chi connectivity index (χ3n) is 1.75. The van der Waals surface area contributed by atoms with Gasteiger partial charge in [0.2, 0.25) is 0 Å². The SMILES string of the molecule is C[n+]1cccc(-c2ccco2)c1. The lowest BCUT2D eigenvalue weighted by atomic mass is 10.2. The van der Waals surface area contributed by atoms with Crippen molar-refractivity contribution in [3.8, 4) is 11.3 Å². The molecule has 0 fully saturated rings. The summed E-state index contributed by atoms with van der Waals surface area (Å²) in [6, 6.07) is 7.87. The number of pyridine rings is 1. The molecule has 2 heterocycles. The van der Waals surface area contributed by atoms with E-state index in [1.807, 2.05) is 48.3 Å². The van der Waals surface area contributed by atoms with Crippen molar-refractivity contribution in [1.82, 2.24) is 0 Å². The van der Waals surface area contributed by atoms with E-state index in [2.05, 4.69) is 0 Å². The first-order valence-electron chi connectivity index (χ1n) is 3.85. The highest BCUT2D eigenvalue weighted by atomic mass is 16.3. The van der Waals surface area contributed by atoms with E-state index in [9.17, 15) is 0 Å². The van der Waals surface area contributed by atoms with E-state index >= 15 is 0 Å². The smallest absolute Gasteiger partial charge is 0.179 e. The molecule has 0 spiro atoms. The zero-order valence-electron chi connectivity index (χ0n) is 6.90. The predicted octanol–water partition coefficient (Wildman–Crippen LogP) is 1.77. The second kappa shape index (κ2) is 2.81. The van der Waals surface area contributed by atoms with Crippen molar-refractivity contribution in [3.05, 3.63) is 42.9 Å². The van der Waals surface area contributed by atoms with E-state index in [1.165, 1.54) is 0 Å². The maximum absolute atomic E-state index is 5.26. The molecule has 0 aliphatic carbocycles. The van der Waals surface area contributed by atoms with Crippen molar-refractivity contribution in [2.75, 3.05) is 0 Å². The average molecular weight is 160 g/mol. The molecule has 2 nitrogen and oxygen atoms in total. The summed E-state index contributed by atoms with van der Waals surface area (Å²) in [5.41, 5.74) is 1.10. The Kier molecular flexibility index (Phi) is 1.67. The molecule has 0 atom stereocenters. The Balaban J connectivity index is 2.48. The topological polar surface area (TPSA) is 17.0 Å². The summed E-state index contributed by atoms with van der Waals surface area (Å²) >= 11 is 0. The number of rotatable bonds is 1. The zero-order valence-corrected chi connectivity index (χ0v) is 6.90. The number of aromatic nitrogens is 1. The van der Waals surface area contributed by atoms with Gasteiger partial charge in [0.1, 0.15) is 12.8 Å². The van der Waals surface area contributed by atoms with E-state index < -0.39 is 0 Å². The molecule has 0 amide bonds. The summed E-state index contributed by atoms with van der Waals surface area (Å²) in [5.74, 6) is 0.909. The molecule has 0 radical (unpaired) electrons. The molecule has 0 aliphatic heterocycles. The van der Waals surface area contributed by atoms with Crippen molar-refractivity contribution >= 4 is 0 Å². The number of aryl methyl sites for hydroxylation is 1. The minimum Gasteiger partial charge on any atom is -0.464 e. The lowest BCUT2D eigenvalue weighted by Gasteiger charge is -1.92. The predicted molar refractivity (Wildman–Crippen MR) is 45.3 cm³/mol. The van der Waals surface area contributed by atoms with Crippen molar-refractivity contribution in [2.24, 2.45) is 7.05 Å². The van der Waals surface area contributed by atoms with Crippen LogP contribution in [0.15, 0.2) is 47.3 Å². The molecule has 0 unspecified atom stereocenters. The van der Waals surface area contributed by atoms with Gasteiger partial charge < -0.3 is 4.42 Å². The van der Waals surface area contributed by atoms with Crippen LogP contribution in [0.5, 0.6) is 0 Å². The highest BCUT2D eigenvalue weighted by molar-refractivity contribution is 5.54. The Hall–Kier alpha value is -1.57. The molecule has 60 valence electrons. The molecule has 2 heteroatoms. The van der Waals surface area contributed by atoms with Crippen LogP contribution in [0.3, 0.4) is 0 Å². The van der Waals surface area contributed by atoms with Gasteiger partial charge in [0.05, 0.1) is 11.8 Å². The Morgan fingerprint density at radius 3 is 2.83 bits per heavy atom. The fourth-order valence-corrected chi connectivity index (χ4v) is 1.18. The molecular weight excluding hydrogens is 150 g/mol. The minimum atomic E-state index is 0.909. The molecule has 2 rings (SSSR count). The summed E-state index contributed by atoms with van der Waals surface area (Å²) in [6.07, 6.45) is 5.70. The quantitative estimate of drug-likeness (QED) is 0.581. The van der Waals surface area contributed by atoms with Crippen LogP contribution in [-0.2, 0) is 7.05 Å². The van der Waals surface area contributed by atoms with Gasteiger partial charge in [-0.25, -0.2) is 4.57 Å². The van der Waals surface area contributed by atoms with Crippen molar-refractivity contribution in [3.63, 3.8) is 0 Å². The van der Waals surface area contributed by atoms with Gasteiger partial charge in [0.15, 0.2) is 12.4 Å². The maximum Gasteiger partial charge on any atom is 0.179 e. The van der Waals surface area contributed by atoms with Gasteiger partial charge in [0.25, 0.3) is 0 Å². The molecule has 0 saturated carbocycles. The van der Waals surface area contributed by atoms with Gasteiger partial charge in [-0.2, -0.15) is 0 Å². The van der Waals surface area contributed by atoms with Gasteiger partial charge in [-0.1, -0.05) is 0 Å². The van der Waals surface area contributed by atoms with E-state index in [4.69, 9.17) is 4.42 Å². The van der Waals surface area contributed by atoms with Crippen LogP contribution in [0, 0.1) is 0 Å². The van der Waals surface area contributed by atoms with Crippen LogP contribution in [0.2, 0.25) is 0 Å². The second-order valence-electron chi connectivity index (χ2n) is 2.74. The van der Waals surface area contributed by atoms with Crippen LogP contribution >= 0.6 is 0 Å². The fraction of sp³-hybridized carbons (Fsp3) is 0.100.